The molecule has 0 atom stereocenters. The van der Waals surface area contributed by atoms with Crippen molar-refractivity contribution >= 4 is 17.3 Å². The zero-order valence-corrected chi connectivity index (χ0v) is 11.7. The second-order valence-electron chi connectivity index (χ2n) is 5.44. The summed E-state index contributed by atoms with van der Waals surface area (Å²) in [6.07, 6.45) is 9.36. The second kappa shape index (κ2) is 7.17. The van der Waals surface area contributed by atoms with Gasteiger partial charge in [-0.25, -0.2) is 0 Å². The number of carbonyl (C=O) groups excluding carboxylic acids is 1. The van der Waals surface area contributed by atoms with E-state index in [0.717, 1.165) is 11.4 Å². The lowest BCUT2D eigenvalue weighted by molar-refractivity contribution is -0.114. The molecular weight excluding hydrogens is 236 g/mol. The first-order valence-electron chi connectivity index (χ1n) is 7.38. The van der Waals surface area contributed by atoms with Gasteiger partial charge in [0.15, 0.2) is 0 Å². The van der Waals surface area contributed by atoms with E-state index < -0.39 is 0 Å². The average Bonchev–Trinajstić information content (AvgIpc) is 2.34. The number of anilines is 2. The van der Waals surface area contributed by atoms with Crippen molar-refractivity contribution in [3.8, 4) is 0 Å². The number of amides is 1. The molecule has 3 nitrogen and oxygen atoms in total. The van der Waals surface area contributed by atoms with Crippen LogP contribution >= 0.6 is 0 Å². The highest BCUT2D eigenvalue weighted by Gasteiger charge is 2.10. The highest BCUT2D eigenvalue weighted by molar-refractivity contribution is 5.88. The van der Waals surface area contributed by atoms with Gasteiger partial charge in [0.25, 0.3) is 0 Å². The number of hydrogen-bond acceptors (Lipinski definition) is 2. The Kier molecular flexibility index (Phi) is 5.25. The summed E-state index contributed by atoms with van der Waals surface area (Å²) in [5.41, 5.74) is 2.01. The quantitative estimate of drug-likeness (QED) is 0.856. The van der Waals surface area contributed by atoms with E-state index in [-0.39, 0.29) is 5.91 Å². The van der Waals surface area contributed by atoms with E-state index in [2.05, 4.69) is 10.6 Å². The van der Waals surface area contributed by atoms with Crippen LogP contribution in [0.4, 0.5) is 11.4 Å². The van der Waals surface area contributed by atoms with Gasteiger partial charge in [-0.1, -0.05) is 32.1 Å². The molecule has 104 valence electrons. The fraction of sp³-hybridized carbons (Fsp3) is 0.562. The van der Waals surface area contributed by atoms with Gasteiger partial charge in [0.1, 0.15) is 0 Å². The molecular formula is C16H24N2O. The molecule has 0 radical (unpaired) electrons. The maximum absolute atomic E-state index is 11.0. The van der Waals surface area contributed by atoms with Crippen molar-refractivity contribution < 1.29 is 4.79 Å². The molecule has 1 amide bonds. The fourth-order valence-electron chi connectivity index (χ4n) is 2.69. The van der Waals surface area contributed by atoms with Crippen LogP contribution in [-0.4, -0.2) is 11.9 Å². The molecule has 1 aromatic rings. The Morgan fingerprint density at radius 2 is 1.47 bits per heavy atom. The first kappa shape index (κ1) is 13.9. The van der Waals surface area contributed by atoms with Gasteiger partial charge in [-0.05, 0) is 37.1 Å². The van der Waals surface area contributed by atoms with Crippen LogP contribution in [-0.2, 0) is 4.79 Å². The second-order valence-corrected chi connectivity index (χ2v) is 5.44. The largest absolute Gasteiger partial charge is 0.382 e. The third kappa shape index (κ3) is 4.93. The van der Waals surface area contributed by atoms with Crippen molar-refractivity contribution in [2.45, 2.75) is 57.9 Å². The Bertz CT molecular complexity index is 392. The summed E-state index contributed by atoms with van der Waals surface area (Å²) in [5, 5.41) is 6.40. The van der Waals surface area contributed by atoms with Gasteiger partial charge in [0.05, 0.1) is 0 Å². The van der Waals surface area contributed by atoms with Crippen LogP contribution < -0.4 is 10.6 Å². The smallest absolute Gasteiger partial charge is 0.221 e. The van der Waals surface area contributed by atoms with Gasteiger partial charge in [0, 0.05) is 24.3 Å². The van der Waals surface area contributed by atoms with Crippen LogP contribution in [0.5, 0.6) is 0 Å². The van der Waals surface area contributed by atoms with Crippen LogP contribution in [0.1, 0.15) is 51.9 Å². The summed E-state index contributed by atoms with van der Waals surface area (Å²) in [6, 6.07) is 8.60. The third-order valence-corrected chi connectivity index (χ3v) is 3.68. The Hall–Kier alpha value is -1.51. The maximum atomic E-state index is 11.0. The first-order valence-corrected chi connectivity index (χ1v) is 7.38. The minimum absolute atomic E-state index is 0.0271. The summed E-state index contributed by atoms with van der Waals surface area (Å²) in [7, 11) is 0. The highest BCUT2D eigenvalue weighted by Crippen LogP contribution is 2.21. The fourth-order valence-corrected chi connectivity index (χ4v) is 2.69. The summed E-state index contributed by atoms with van der Waals surface area (Å²) in [6.45, 7) is 1.53. The van der Waals surface area contributed by atoms with Crippen LogP contribution in [0.25, 0.3) is 0 Å². The molecule has 0 unspecified atom stereocenters. The zero-order valence-electron chi connectivity index (χ0n) is 11.7. The molecule has 0 spiro atoms. The predicted octanol–water partition coefficient (Wildman–Crippen LogP) is 4.17. The molecule has 0 saturated heterocycles. The average molecular weight is 260 g/mol. The van der Waals surface area contributed by atoms with Gasteiger partial charge in [0.2, 0.25) is 5.91 Å². The molecule has 1 fully saturated rings. The monoisotopic (exact) mass is 260 g/mol. The normalized spacial score (nSPS) is 17.3. The number of rotatable bonds is 3. The van der Waals surface area contributed by atoms with Crippen molar-refractivity contribution in [1.82, 2.24) is 0 Å². The molecule has 1 saturated carbocycles. The first-order chi connectivity index (χ1) is 9.24. The lowest BCUT2D eigenvalue weighted by atomic mass is 9.96. The summed E-state index contributed by atoms with van der Waals surface area (Å²) in [4.78, 5) is 11.0. The van der Waals surface area contributed by atoms with Crippen molar-refractivity contribution in [2.75, 3.05) is 10.6 Å². The van der Waals surface area contributed by atoms with Gasteiger partial charge in [-0.2, -0.15) is 0 Å². The van der Waals surface area contributed by atoms with Crippen LogP contribution in [0.15, 0.2) is 24.3 Å². The molecule has 19 heavy (non-hydrogen) atoms. The molecule has 1 aromatic carbocycles. The zero-order chi connectivity index (χ0) is 13.5. The Balaban J connectivity index is 1.88. The van der Waals surface area contributed by atoms with E-state index in [0.29, 0.717) is 6.04 Å². The van der Waals surface area contributed by atoms with Crippen molar-refractivity contribution in [3.05, 3.63) is 24.3 Å². The number of nitrogens with one attached hydrogen (secondary N) is 2. The summed E-state index contributed by atoms with van der Waals surface area (Å²) < 4.78 is 0. The Morgan fingerprint density at radius 1 is 0.947 bits per heavy atom. The van der Waals surface area contributed by atoms with Gasteiger partial charge in [-0.15, -0.1) is 0 Å². The van der Waals surface area contributed by atoms with E-state index >= 15 is 0 Å². The minimum atomic E-state index is -0.0271. The topological polar surface area (TPSA) is 41.1 Å². The highest BCUT2D eigenvalue weighted by atomic mass is 16.1. The maximum Gasteiger partial charge on any atom is 0.221 e. The van der Waals surface area contributed by atoms with E-state index in [1.165, 1.54) is 51.9 Å². The van der Waals surface area contributed by atoms with E-state index in [9.17, 15) is 4.79 Å². The molecule has 0 heterocycles. The van der Waals surface area contributed by atoms with Gasteiger partial charge < -0.3 is 10.6 Å². The Labute approximate surface area is 115 Å². The Morgan fingerprint density at radius 3 is 2.05 bits per heavy atom. The lowest BCUT2D eigenvalue weighted by Crippen LogP contribution is -2.20. The minimum Gasteiger partial charge on any atom is -0.382 e. The molecule has 1 aliphatic carbocycles. The van der Waals surface area contributed by atoms with Crippen molar-refractivity contribution in [2.24, 2.45) is 0 Å². The summed E-state index contributed by atoms with van der Waals surface area (Å²) >= 11 is 0. The van der Waals surface area contributed by atoms with Crippen molar-refractivity contribution in [3.63, 3.8) is 0 Å². The van der Waals surface area contributed by atoms with Gasteiger partial charge in [-0.3, -0.25) is 4.79 Å². The summed E-state index contributed by atoms with van der Waals surface area (Å²) in [5.74, 6) is -0.0271. The molecule has 1 aliphatic rings. The van der Waals surface area contributed by atoms with Crippen LogP contribution in [0, 0.1) is 0 Å². The van der Waals surface area contributed by atoms with E-state index in [1.807, 2.05) is 24.3 Å². The third-order valence-electron chi connectivity index (χ3n) is 3.68. The number of benzene rings is 1. The number of hydrogen-bond donors (Lipinski definition) is 2. The lowest BCUT2D eigenvalue weighted by Gasteiger charge is -2.22. The molecule has 2 N–H and O–H groups in total. The van der Waals surface area contributed by atoms with E-state index in [1.54, 1.807) is 0 Å². The van der Waals surface area contributed by atoms with Crippen LogP contribution in [0.3, 0.4) is 0 Å². The number of carbonyl (C=O) groups is 1. The molecule has 2 rings (SSSR count). The molecule has 0 bridgehead atoms. The van der Waals surface area contributed by atoms with Crippen LogP contribution in [0.2, 0.25) is 0 Å². The molecule has 0 aromatic heterocycles. The SMILES string of the molecule is CC(=O)Nc1ccc(NC2CCCCCCC2)cc1. The van der Waals surface area contributed by atoms with Crippen molar-refractivity contribution in [1.29, 1.82) is 0 Å². The van der Waals surface area contributed by atoms with Gasteiger partial charge >= 0.3 is 0 Å². The van der Waals surface area contributed by atoms with E-state index in [4.69, 9.17) is 0 Å². The molecule has 3 heteroatoms. The standard InChI is InChI=1S/C16H24N2O/c1-13(19)17-15-9-11-16(12-10-15)18-14-7-5-3-2-4-6-8-14/h9-12,14,18H,2-8H2,1H3,(H,17,19). The predicted molar refractivity (Wildman–Crippen MR) is 80.5 cm³/mol. The molecule has 0 aliphatic heterocycles.